The minimum atomic E-state index is -0.330. The van der Waals surface area contributed by atoms with Crippen LogP contribution in [0.4, 0.5) is 10.6 Å². The highest BCUT2D eigenvalue weighted by atomic mass is 16.6. The van der Waals surface area contributed by atoms with Gasteiger partial charge in [-0.1, -0.05) is 6.08 Å². The zero-order valence-electron chi connectivity index (χ0n) is 22.1. The lowest BCUT2D eigenvalue weighted by Crippen LogP contribution is -2.44. The number of carbonyl (C=O) groups is 2. The number of aliphatic hydroxyl groups excluding tert-OH is 1. The second-order valence-corrected chi connectivity index (χ2v) is 10.2. The van der Waals surface area contributed by atoms with Crippen molar-refractivity contribution < 1.29 is 19.4 Å². The standard InChI is InChI=1S/C25H38N8O4/c1-17(2)33-16-26-22-23(28-20(15-34)29-24(22)33)27-18-7-11-31(12-8-18)25(36)37-19-9-13-32(14-19)21(35)6-5-10-30(3)4/h5-6,16-19,34H,7-15H2,1-4H3,(H,27,28,29)/b6-5+/t19-/m0/s1. The van der Waals surface area contributed by atoms with Gasteiger partial charge in [0.2, 0.25) is 5.91 Å². The molecule has 0 saturated carbocycles. The third-order valence-electron chi connectivity index (χ3n) is 6.71. The molecule has 0 aliphatic carbocycles. The van der Waals surface area contributed by atoms with E-state index in [4.69, 9.17) is 4.74 Å². The molecule has 2 aliphatic heterocycles. The van der Waals surface area contributed by atoms with E-state index in [0.29, 0.717) is 62.0 Å². The molecular weight excluding hydrogens is 476 g/mol. The highest BCUT2D eigenvalue weighted by molar-refractivity contribution is 5.88. The monoisotopic (exact) mass is 514 g/mol. The number of carbonyl (C=O) groups excluding carboxylic acids is 2. The van der Waals surface area contributed by atoms with Gasteiger partial charge >= 0.3 is 6.09 Å². The number of fused-ring (bicyclic) bond motifs is 1. The molecule has 0 unspecified atom stereocenters. The number of likely N-dealkylation sites (N-methyl/N-ethyl adjacent to an activating group) is 1. The van der Waals surface area contributed by atoms with E-state index in [0.717, 1.165) is 12.8 Å². The van der Waals surface area contributed by atoms with Crippen LogP contribution < -0.4 is 5.32 Å². The summed E-state index contributed by atoms with van der Waals surface area (Å²) >= 11 is 0. The van der Waals surface area contributed by atoms with Crippen molar-refractivity contribution in [1.82, 2.24) is 34.2 Å². The maximum Gasteiger partial charge on any atom is 0.410 e. The minimum Gasteiger partial charge on any atom is -0.444 e. The van der Waals surface area contributed by atoms with Crippen molar-refractivity contribution in [1.29, 1.82) is 0 Å². The summed E-state index contributed by atoms with van der Waals surface area (Å²) in [5.74, 6) is 0.897. The minimum absolute atomic E-state index is 0.0475. The number of ether oxygens (including phenoxy) is 1. The van der Waals surface area contributed by atoms with Gasteiger partial charge in [-0.25, -0.2) is 19.7 Å². The van der Waals surface area contributed by atoms with E-state index in [9.17, 15) is 14.7 Å². The average Bonchev–Trinajstić information content (AvgIpc) is 3.51. The Morgan fingerprint density at radius 2 is 1.92 bits per heavy atom. The lowest BCUT2D eigenvalue weighted by Gasteiger charge is -2.32. The average molecular weight is 515 g/mol. The third kappa shape index (κ3) is 6.55. The van der Waals surface area contributed by atoms with Crippen LogP contribution in [0.3, 0.4) is 0 Å². The van der Waals surface area contributed by atoms with Crippen LogP contribution in [0.1, 0.15) is 45.0 Å². The number of hydrogen-bond donors (Lipinski definition) is 2. The lowest BCUT2D eigenvalue weighted by atomic mass is 10.1. The highest BCUT2D eigenvalue weighted by Gasteiger charge is 2.31. The second kappa shape index (κ2) is 11.9. The van der Waals surface area contributed by atoms with Gasteiger partial charge in [-0.2, -0.15) is 0 Å². The zero-order valence-corrected chi connectivity index (χ0v) is 22.1. The van der Waals surface area contributed by atoms with Gasteiger partial charge in [0.25, 0.3) is 0 Å². The lowest BCUT2D eigenvalue weighted by molar-refractivity contribution is -0.125. The van der Waals surface area contributed by atoms with Crippen molar-refractivity contribution in [3.05, 3.63) is 24.3 Å². The first kappa shape index (κ1) is 26.8. The highest BCUT2D eigenvalue weighted by Crippen LogP contribution is 2.25. The number of rotatable bonds is 8. The predicted octanol–water partition coefficient (Wildman–Crippen LogP) is 1.63. The molecule has 0 spiro atoms. The fourth-order valence-corrected chi connectivity index (χ4v) is 4.62. The van der Waals surface area contributed by atoms with Crippen LogP contribution in [0.2, 0.25) is 0 Å². The third-order valence-corrected chi connectivity index (χ3v) is 6.71. The van der Waals surface area contributed by atoms with Crippen molar-refractivity contribution in [2.24, 2.45) is 0 Å². The molecular formula is C25H38N8O4. The van der Waals surface area contributed by atoms with Gasteiger partial charge in [0.15, 0.2) is 17.3 Å². The van der Waals surface area contributed by atoms with Crippen molar-refractivity contribution in [3.63, 3.8) is 0 Å². The number of piperidine rings is 1. The Hall–Kier alpha value is -3.25. The Bertz CT molecular complexity index is 1120. The summed E-state index contributed by atoms with van der Waals surface area (Å²) < 4.78 is 7.68. The summed E-state index contributed by atoms with van der Waals surface area (Å²) in [4.78, 5) is 44.0. The van der Waals surface area contributed by atoms with E-state index in [1.807, 2.05) is 43.5 Å². The molecule has 4 rings (SSSR count). The topological polar surface area (TPSA) is 129 Å². The number of nitrogens with one attached hydrogen (secondary N) is 1. The summed E-state index contributed by atoms with van der Waals surface area (Å²) in [5.41, 5.74) is 1.36. The summed E-state index contributed by atoms with van der Waals surface area (Å²) in [5, 5.41) is 13.1. The first-order valence-corrected chi connectivity index (χ1v) is 12.9. The van der Waals surface area contributed by atoms with Crippen LogP contribution in [0, 0.1) is 0 Å². The number of amides is 2. The summed E-state index contributed by atoms with van der Waals surface area (Å²) in [6.45, 7) is 6.67. The molecule has 12 nitrogen and oxygen atoms in total. The fraction of sp³-hybridized carbons (Fsp3) is 0.640. The van der Waals surface area contributed by atoms with Crippen molar-refractivity contribution in [3.8, 4) is 0 Å². The number of aromatic nitrogens is 4. The number of aliphatic hydroxyl groups is 1. The van der Waals surface area contributed by atoms with Crippen LogP contribution in [-0.4, -0.2) is 110 Å². The quantitative estimate of drug-likeness (QED) is 0.505. The summed E-state index contributed by atoms with van der Waals surface area (Å²) in [6, 6.07) is 0.282. The van der Waals surface area contributed by atoms with Crippen molar-refractivity contribution in [2.45, 2.75) is 57.9 Å². The Morgan fingerprint density at radius 3 is 2.59 bits per heavy atom. The second-order valence-electron chi connectivity index (χ2n) is 10.2. The first-order chi connectivity index (χ1) is 17.7. The van der Waals surface area contributed by atoms with Crippen LogP contribution >= 0.6 is 0 Å². The zero-order chi connectivity index (χ0) is 26.5. The number of hydrogen-bond acceptors (Lipinski definition) is 9. The molecule has 2 fully saturated rings. The maximum atomic E-state index is 12.8. The fourth-order valence-electron chi connectivity index (χ4n) is 4.62. The number of likely N-dealkylation sites (tertiary alicyclic amines) is 2. The molecule has 2 aromatic heterocycles. The molecule has 4 heterocycles. The van der Waals surface area contributed by atoms with Gasteiger partial charge in [-0.3, -0.25) is 4.79 Å². The molecule has 2 N–H and O–H groups in total. The molecule has 0 aromatic carbocycles. The van der Waals surface area contributed by atoms with Crippen LogP contribution in [-0.2, 0) is 16.1 Å². The molecule has 37 heavy (non-hydrogen) atoms. The molecule has 0 radical (unpaired) electrons. The number of nitrogens with zero attached hydrogens (tertiary/aromatic N) is 7. The summed E-state index contributed by atoms with van der Waals surface area (Å²) in [6.07, 6.45) is 6.67. The largest absolute Gasteiger partial charge is 0.444 e. The van der Waals surface area contributed by atoms with E-state index in [1.165, 1.54) is 0 Å². The molecule has 2 amide bonds. The van der Waals surface area contributed by atoms with Crippen LogP contribution in [0.5, 0.6) is 0 Å². The molecule has 1 atom stereocenters. The van der Waals surface area contributed by atoms with Crippen molar-refractivity contribution in [2.75, 3.05) is 52.1 Å². The number of imidazole rings is 1. The SMILES string of the molecule is CC(C)n1cnc2c(NC3CCN(C(=O)O[C@H]4CCN(C(=O)/C=C/CN(C)C)C4)CC3)nc(CO)nc21. The Balaban J connectivity index is 1.28. The van der Waals surface area contributed by atoms with E-state index in [-0.39, 0.29) is 36.8 Å². The molecule has 2 saturated heterocycles. The normalized spacial score (nSPS) is 19.1. The van der Waals surface area contributed by atoms with Gasteiger partial charge in [0, 0.05) is 50.8 Å². The van der Waals surface area contributed by atoms with E-state index in [1.54, 1.807) is 22.2 Å². The number of anilines is 1. The molecule has 0 bridgehead atoms. The predicted molar refractivity (Wildman–Crippen MR) is 139 cm³/mol. The van der Waals surface area contributed by atoms with Gasteiger partial charge in [0.05, 0.1) is 12.9 Å². The Morgan fingerprint density at radius 1 is 1.19 bits per heavy atom. The smallest absolute Gasteiger partial charge is 0.410 e. The first-order valence-electron chi connectivity index (χ1n) is 12.9. The molecule has 12 heteroatoms. The Kier molecular flexibility index (Phi) is 8.59. The molecule has 2 aromatic rings. The van der Waals surface area contributed by atoms with Gasteiger partial charge in [0.1, 0.15) is 18.2 Å². The summed E-state index contributed by atoms with van der Waals surface area (Å²) in [7, 11) is 3.89. The van der Waals surface area contributed by atoms with Crippen molar-refractivity contribution >= 4 is 29.0 Å². The molecule has 202 valence electrons. The Labute approximate surface area is 217 Å². The van der Waals surface area contributed by atoms with Crippen LogP contribution in [0.25, 0.3) is 11.2 Å². The maximum absolute atomic E-state index is 12.8. The molecule has 2 aliphatic rings. The van der Waals surface area contributed by atoms with Gasteiger partial charge in [-0.05, 0) is 40.8 Å². The van der Waals surface area contributed by atoms with E-state index in [2.05, 4.69) is 20.3 Å². The van der Waals surface area contributed by atoms with E-state index < -0.39 is 0 Å². The van der Waals surface area contributed by atoms with Crippen LogP contribution in [0.15, 0.2) is 18.5 Å². The van der Waals surface area contributed by atoms with Gasteiger partial charge < -0.3 is 34.4 Å². The van der Waals surface area contributed by atoms with Gasteiger partial charge in [-0.15, -0.1) is 0 Å². The van der Waals surface area contributed by atoms with E-state index >= 15 is 0 Å².